The fraction of sp³-hybridized carbons (Fsp3) is 0.125. The lowest BCUT2D eigenvalue weighted by molar-refractivity contribution is 0.414. The highest BCUT2D eigenvalue weighted by Gasteiger charge is 2.08. The maximum Gasteiger partial charge on any atom is 0.329 e. The lowest BCUT2D eigenvalue weighted by atomic mass is 10.2. The van der Waals surface area contributed by atoms with E-state index < -0.39 is 5.69 Å². The van der Waals surface area contributed by atoms with Crippen LogP contribution >= 0.6 is 11.6 Å². The van der Waals surface area contributed by atoms with Gasteiger partial charge in [-0.05, 0) is 35.9 Å². The minimum absolute atomic E-state index is 0.191. The van der Waals surface area contributed by atoms with Gasteiger partial charge in [0.25, 0.3) is 5.56 Å². The van der Waals surface area contributed by atoms with Crippen molar-refractivity contribution in [3.05, 3.63) is 73.9 Å². The van der Waals surface area contributed by atoms with Gasteiger partial charge in [0.2, 0.25) is 0 Å². The molecule has 0 amide bonds. The van der Waals surface area contributed by atoms with E-state index in [1.54, 1.807) is 37.4 Å². The van der Waals surface area contributed by atoms with Crippen molar-refractivity contribution in [2.75, 3.05) is 7.11 Å². The summed E-state index contributed by atoms with van der Waals surface area (Å²) in [5, 5.41) is 0.896. The highest BCUT2D eigenvalue weighted by Crippen LogP contribution is 2.14. The van der Waals surface area contributed by atoms with Gasteiger partial charge >= 0.3 is 5.69 Å². The first kappa shape index (κ1) is 14.4. The highest BCUT2D eigenvalue weighted by molar-refractivity contribution is 6.31. The van der Waals surface area contributed by atoms with Crippen LogP contribution in [0.4, 0.5) is 0 Å². The zero-order valence-electron chi connectivity index (χ0n) is 11.8. The minimum atomic E-state index is -0.462. The summed E-state index contributed by atoms with van der Waals surface area (Å²) in [7, 11) is 1.58. The number of methoxy groups -OCH3 is 1. The monoisotopic (exact) mass is 316 g/mol. The van der Waals surface area contributed by atoms with E-state index in [2.05, 4.69) is 4.98 Å². The number of nitrogens with zero attached hydrogens (tertiary/aromatic N) is 1. The summed E-state index contributed by atoms with van der Waals surface area (Å²) in [6.07, 6.45) is 0. The van der Waals surface area contributed by atoms with Crippen molar-refractivity contribution >= 4 is 22.5 Å². The molecule has 0 bridgehead atoms. The molecule has 1 N–H and O–H groups in total. The molecule has 0 aliphatic heterocycles. The predicted octanol–water partition coefficient (Wildman–Crippen LogP) is 2.40. The molecule has 0 aliphatic carbocycles. The topological polar surface area (TPSA) is 64.1 Å². The Kier molecular flexibility index (Phi) is 3.73. The van der Waals surface area contributed by atoms with Gasteiger partial charge in [-0.25, -0.2) is 4.79 Å². The van der Waals surface area contributed by atoms with E-state index in [-0.39, 0.29) is 12.1 Å². The van der Waals surface area contributed by atoms with Gasteiger partial charge in [0.15, 0.2) is 0 Å². The average molecular weight is 317 g/mol. The second-order valence-corrected chi connectivity index (χ2v) is 5.30. The first-order chi connectivity index (χ1) is 10.6. The molecule has 5 nitrogen and oxygen atoms in total. The fourth-order valence-corrected chi connectivity index (χ4v) is 2.46. The Bertz CT molecular complexity index is 942. The van der Waals surface area contributed by atoms with Crippen LogP contribution in [0.3, 0.4) is 0 Å². The van der Waals surface area contributed by atoms with Crippen LogP contribution in [0.15, 0.2) is 52.1 Å². The van der Waals surface area contributed by atoms with Crippen LogP contribution in [0.2, 0.25) is 5.02 Å². The third-order valence-electron chi connectivity index (χ3n) is 3.44. The smallest absolute Gasteiger partial charge is 0.329 e. The van der Waals surface area contributed by atoms with Crippen molar-refractivity contribution in [3.8, 4) is 5.75 Å². The summed E-state index contributed by atoms with van der Waals surface area (Å²) < 4.78 is 6.25. The van der Waals surface area contributed by atoms with Crippen LogP contribution in [0.1, 0.15) is 5.56 Å². The van der Waals surface area contributed by atoms with Crippen LogP contribution in [-0.4, -0.2) is 16.7 Å². The Balaban J connectivity index is 2.08. The number of benzene rings is 2. The second kappa shape index (κ2) is 5.69. The number of aromatic amines is 1. The summed E-state index contributed by atoms with van der Waals surface area (Å²) in [5.41, 5.74) is 0.469. The van der Waals surface area contributed by atoms with Crippen molar-refractivity contribution in [1.29, 1.82) is 0 Å². The van der Waals surface area contributed by atoms with Crippen LogP contribution in [0.5, 0.6) is 5.75 Å². The molecular formula is C16H13ClN2O3. The highest BCUT2D eigenvalue weighted by atomic mass is 35.5. The lowest BCUT2D eigenvalue weighted by Crippen LogP contribution is -2.35. The number of rotatable bonds is 3. The number of ether oxygens (including phenoxy) is 1. The molecule has 0 unspecified atom stereocenters. The zero-order chi connectivity index (χ0) is 15.7. The molecule has 0 radical (unpaired) electrons. The molecule has 0 saturated carbocycles. The maximum absolute atomic E-state index is 12.5. The molecular weight excluding hydrogens is 304 g/mol. The van der Waals surface area contributed by atoms with Gasteiger partial charge in [0.05, 0.1) is 24.6 Å². The molecule has 22 heavy (non-hydrogen) atoms. The number of aromatic nitrogens is 2. The van der Waals surface area contributed by atoms with Gasteiger partial charge in [-0.3, -0.25) is 9.36 Å². The van der Waals surface area contributed by atoms with E-state index in [1.165, 1.54) is 0 Å². The van der Waals surface area contributed by atoms with Crippen molar-refractivity contribution in [1.82, 2.24) is 9.55 Å². The van der Waals surface area contributed by atoms with Crippen molar-refractivity contribution in [2.24, 2.45) is 0 Å². The molecule has 0 saturated heterocycles. The van der Waals surface area contributed by atoms with Gasteiger partial charge in [0.1, 0.15) is 5.75 Å². The summed E-state index contributed by atoms with van der Waals surface area (Å²) >= 11 is 5.88. The zero-order valence-corrected chi connectivity index (χ0v) is 12.6. The van der Waals surface area contributed by atoms with Gasteiger partial charge < -0.3 is 9.72 Å². The number of hydrogen-bond acceptors (Lipinski definition) is 3. The number of hydrogen-bond donors (Lipinski definition) is 1. The van der Waals surface area contributed by atoms with Crippen LogP contribution in [-0.2, 0) is 6.54 Å². The molecule has 6 heteroatoms. The number of H-pyrrole nitrogens is 1. The maximum atomic E-state index is 12.5. The quantitative estimate of drug-likeness (QED) is 0.807. The number of halogens is 1. The van der Waals surface area contributed by atoms with Gasteiger partial charge in [-0.15, -0.1) is 0 Å². The van der Waals surface area contributed by atoms with E-state index in [1.807, 2.05) is 12.1 Å². The van der Waals surface area contributed by atoms with Gasteiger partial charge in [-0.1, -0.05) is 23.7 Å². The Labute approximate surface area is 130 Å². The molecule has 0 fully saturated rings. The normalized spacial score (nSPS) is 10.8. The molecule has 1 aromatic heterocycles. The first-order valence-electron chi connectivity index (χ1n) is 6.64. The largest absolute Gasteiger partial charge is 0.497 e. The standard InChI is InChI=1S/C16H13ClN2O3/c1-22-12-5-2-10(3-6-12)9-19-15(20)13-7-4-11(17)8-14(13)18-16(19)21/h2-8H,9H2,1H3,(H,18,21). The Morgan fingerprint density at radius 3 is 2.55 bits per heavy atom. The third-order valence-corrected chi connectivity index (χ3v) is 3.68. The molecule has 2 aromatic carbocycles. The van der Waals surface area contributed by atoms with Gasteiger partial charge in [0, 0.05) is 5.02 Å². The molecule has 0 aliphatic rings. The lowest BCUT2D eigenvalue weighted by Gasteiger charge is -2.07. The number of fused-ring (bicyclic) bond motifs is 1. The predicted molar refractivity (Wildman–Crippen MR) is 85.9 cm³/mol. The van der Waals surface area contributed by atoms with E-state index in [0.29, 0.717) is 15.9 Å². The summed E-state index contributed by atoms with van der Waals surface area (Å²) in [6, 6.07) is 12.0. The van der Waals surface area contributed by atoms with E-state index in [9.17, 15) is 9.59 Å². The summed E-state index contributed by atoms with van der Waals surface area (Å²) in [5.74, 6) is 0.721. The fourth-order valence-electron chi connectivity index (χ4n) is 2.28. The molecule has 0 spiro atoms. The molecule has 3 aromatic rings. The van der Waals surface area contributed by atoms with Crippen molar-refractivity contribution in [2.45, 2.75) is 6.54 Å². The minimum Gasteiger partial charge on any atom is -0.497 e. The average Bonchev–Trinajstić information content (AvgIpc) is 2.51. The number of nitrogens with one attached hydrogen (secondary N) is 1. The molecule has 112 valence electrons. The molecule has 3 rings (SSSR count). The first-order valence-corrected chi connectivity index (χ1v) is 7.01. The third kappa shape index (κ3) is 2.63. The van der Waals surface area contributed by atoms with Crippen molar-refractivity contribution in [3.63, 3.8) is 0 Å². The molecule has 1 heterocycles. The van der Waals surface area contributed by atoms with Crippen LogP contribution < -0.4 is 16.0 Å². The molecule has 0 atom stereocenters. The SMILES string of the molecule is COc1ccc(Cn2c(=O)[nH]c3cc(Cl)ccc3c2=O)cc1. The second-order valence-electron chi connectivity index (χ2n) is 4.86. The van der Waals surface area contributed by atoms with Crippen LogP contribution in [0.25, 0.3) is 10.9 Å². The van der Waals surface area contributed by atoms with Crippen molar-refractivity contribution < 1.29 is 4.74 Å². The van der Waals surface area contributed by atoms with E-state index >= 15 is 0 Å². The van der Waals surface area contributed by atoms with Crippen LogP contribution in [0, 0.1) is 0 Å². The van der Waals surface area contributed by atoms with E-state index in [4.69, 9.17) is 16.3 Å². The Morgan fingerprint density at radius 1 is 1.14 bits per heavy atom. The Morgan fingerprint density at radius 2 is 1.86 bits per heavy atom. The summed E-state index contributed by atoms with van der Waals surface area (Å²) in [4.78, 5) is 27.3. The van der Waals surface area contributed by atoms with E-state index in [0.717, 1.165) is 15.9 Å². The Hall–Kier alpha value is -2.53. The summed E-state index contributed by atoms with van der Waals surface area (Å²) in [6.45, 7) is 0.191. The van der Waals surface area contributed by atoms with Gasteiger partial charge in [-0.2, -0.15) is 0 Å².